The Morgan fingerprint density at radius 1 is 1.40 bits per heavy atom. The van der Waals surface area contributed by atoms with E-state index in [2.05, 4.69) is 9.97 Å². The molecule has 0 aromatic carbocycles. The van der Waals surface area contributed by atoms with Gasteiger partial charge in [-0.15, -0.1) is 0 Å². The van der Waals surface area contributed by atoms with Gasteiger partial charge >= 0.3 is 0 Å². The number of carbonyl (C=O) groups excluding carboxylic acids is 1. The van der Waals surface area contributed by atoms with Crippen molar-refractivity contribution in [2.75, 3.05) is 13.1 Å². The van der Waals surface area contributed by atoms with E-state index in [1.165, 1.54) is 25.2 Å². The Morgan fingerprint density at radius 2 is 2.20 bits per heavy atom. The minimum Gasteiger partial charge on any atom is -0.470 e. The van der Waals surface area contributed by atoms with Gasteiger partial charge in [0.2, 0.25) is 11.6 Å². The van der Waals surface area contributed by atoms with Crippen LogP contribution < -0.4 is 4.74 Å². The summed E-state index contributed by atoms with van der Waals surface area (Å²) in [5, 5.41) is 8.94. The molecule has 104 valence electrons. The molecule has 0 N–H and O–H groups in total. The van der Waals surface area contributed by atoms with Gasteiger partial charge in [0, 0.05) is 31.8 Å². The maximum absolute atomic E-state index is 12.0. The predicted octanol–water partition coefficient (Wildman–Crippen LogP) is 1.13. The first-order valence-electron chi connectivity index (χ1n) is 6.92. The Kier molecular flexibility index (Phi) is 3.50. The molecule has 3 rings (SSSR count). The van der Waals surface area contributed by atoms with Crippen LogP contribution in [0, 0.1) is 17.2 Å². The minimum atomic E-state index is -0.0954. The smallest absolute Gasteiger partial charge is 0.251 e. The lowest BCUT2D eigenvalue weighted by Crippen LogP contribution is -2.31. The third-order valence-corrected chi connectivity index (χ3v) is 3.71. The van der Waals surface area contributed by atoms with Crippen molar-refractivity contribution in [3.8, 4) is 11.9 Å². The topological polar surface area (TPSA) is 79.1 Å². The van der Waals surface area contributed by atoms with E-state index in [4.69, 9.17) is 10.00 Å². The van der Waals surface area contributed by atoms with Crippen molar-refractivity contribution >= 4 is 5.91 Å². The number of ether oxygens (including phenoxy) is 1. The highest BCUT2D eigenvalue weighted by atomic mass is 16.5. The van der Waals surface area contributed by atoms with Crippen LogP contribution in [-0.2, 0) is 4.79 Å². The second kappa shape index (κ2) is 5.45. The molecule has 20 heavy (non-hydrogen) atoms. The maximum atomic E-state index is 12.0. The van der Waals surface area contributed by atoms with Gasteiger partial charge < -0.3 is 9.64 Å². The molecule has 1 saturated heterocycles. The summed E-state index contributed by atoms with van der Waals surface area (Å²) in [6.07, 6.45) is 6.68. The van der Waals surface area contributed by atoms with Gasteiger partial charge in [-0.05, 0) is 18.8 Å². The Labute approximate surface area is 117 Å². The number of carbonyl (C=O) groups is 1. The maximum Gasteiger partial charge on any atom is 0.251 e. The lowest BCUT2D eigenvalue weighted by molar-refractivity contribution is -0.130. The molecular formula is C14H16N4O2. The molecule has 1 amide bonds. The number of rotatable bonds is 4. The van der Waals surface area contributed by atoms with Gasteiger partial charge in [-0.25, -0.2) is 9.97 Å². The first-order valence-corrected chi connectivity index (χ1v) is 6.92. The van der Waals surface area contributed by atoms with Crippen LogP contribution in [0.4, 0.5) is 0 Å². The number of amides is 1. The molecular weight excluding hydrogens is 256 g/mol. The molecule has 0 bridgehead atoms. The van der Waals surface area contributed by atoms with Gasteiger partial charge in [0.1, 0.15) is 12.2 Å². The highest BCUT2D eigenvalue weighted by Gasteiger charge is 2.32. The fraction of sp³-hybridized carbons (Fsp3) is 0.571. The largest absolute Gasteiger partial charge is 0.470 e. The van der Waals surface area contributed by atoms with Gasteiger partial charge in [0.05, 0.1) is 6.54 Å². The fourth-order valence-electron chi connectivity index (χ4n) is 2.40. The van der Waals surface area contributed by atoms with Gasteiger partial charge in [-0.3, -0.25) is 4.79 Å². The lowest BCUT2D eigenvalue weighted by atomic mass is 10.2. The first kappa shape index (κ1) is 12.9. The zero-order valence-corrected chi connectivity index (χ0v) is 11.2. The second-order valence-corrected chi connectivity index (χ2v) is 5.34. The van der Waals surface area contributed by atoms with E-state index in [0.717, 1.165) is 13.0 Å². The second-order valence-electron chi connectivity index (χ2n) is 5.34. The van der Waals surface area contributed by atoms with Gasteiger partial charge in [0.25, 0.3) is 5.88 Å². The third-order valence-electron chi connectivity index (χ3n) is 3.71. The van der Waals surface area contributed by atoms with E-state index in [0.29, 0.717) is 18.9 Å². The number of hydrogen-bond donors (Lipinski definition) is 0. The zero-order chi connectivity index (χ0) is 13.9. The molecule has 1 saturated carbocycles. The number of aromatic nitrogens is 2. The van der Waals surface area contributed by atoms with Crippen molar-refractivity contribution in [3.05, 3.63) is 18.1 Å². The normalized spacial score (nSPS) is 21.6. The number of nitrogens with zero attached hydrogens (tertiary/aromatic N) is 4. The molecule has 0 unspecified atom stereocenters. The molecule has 6 nitrogen and oxygen atoms in total. The number of nitriles is 1. The van der Waals surface area contributed by atoms with Crippen LogP contribution in [0.25, 0.3) is 0 Å². The highest BCUT2D eigenvalue weighted by Crippen LogP contribution is 2.33. The van der Waals surface area contributed by atoms with E-state index < -0.39 is 0 Å². The van der Waals surface area contributed by atoms with E-state index in [1.807, 2.05) is 11.0 Å². The molecule has 2 aliphatic rings. The molecule has 6 heteroatoms. The molecule has 1 aromatic heterocycles. The summed E-state index contributed by atoms with van der Waals surface area (Å²) in [6, 6.07) is 1.96. The summed E-state index contributed by atoms with van der Waals surface area (Å²) in [7, 11) is 0. The van der Waals surface area contributed by atoms with Gasteiger partial charge in [0.15, 0.2) is 0 Å². The van der Waals surface area contributed by atoms with Crippen LogP contribution in [0.15, 0.2) is 12.4 Å². The quantitative estimate of drug-likeness (QED) is 0.820. The van der Waals surface area contributed by atoms with Crippen molar-refractivity contribution < 1.29 is 9.53 Å². The van der Waals surface area contributed by atoms with Crippen molar-refractivity contribution in [1.29, 1.82) is 5.26 Å². The van der Waals surface area contributed by atoms with Crippen molar-refractivity contribution in [2.45, 2.75) is 31.8 Å². The Bertz CT molecular complexity index is 550. The standard InChI is InChI=1S/C14H16N4O2/c15-8-12-14(17-5-4-16-12)20-11-3-6-18(9-11)13(19)7-10-1-2-10/h4-5,10-11H,1-3,6-7,9H2/t11-/m0/s1. The van der Waals surface area contributed by atoms with Crippen LogP contribution in [0.5, 0.6) is 5.88 Å². The number of likely N-dealkylation sites (tertiary alicyclic amines) is 1. The number of hydrogen-bond acceptors (Lipinski definition) is 5. The van der Waals surface area contributed by atoms with Crippen LogP contribution in [0.2, 0.25) is 0 Å². The van der Waals surface area contributed by atoms with E-state index >= 15 is 0 Å². The monoisotopic (exact) mass is 272 g/mol. The summed E-state index contributed by atoms with van der Waals surface area (Å²) in [5.74, 6) is 1.09. The summed E-state index contributed by atoms with van der Waals surface area (Å²) in [4.78, 5) is 21.8. The molecule has 0 radical (unpaired) electrons. The van der Waals surface area contributed by atoms with Crippen molar-refractivity contribution in [2.24, 2.45) is 5.92 Å². The van der Waals surface area contributed by atoms with Crippen LogP contribution >= 0.6 is 0 Å². The van der Waals surface area contributed by atoms with Gasteiger partial charge in [-0.1, -0.05) is 0 Å². The summed E-state index contributed by atoms with van der Waals surface area (Å²) in [5.41, 5.74) is 0.190. The zero-order valence-electron chi connectivity index (χ0n) is 11.2. The van der Waals surface area contributed by atoms with E-state index in [9.17, 15) is 4.79 Å². The molecule has 2 fully saturated rings. The minimum absolute atomic E-state index is 0.0954. The average Bonchev–Trinajstić information content (AvgIpc) is 3.15. The fourth-order valence-corrected chi connectivity index (χ4v) is 2.40. The molecule has 2 heterocycles. The molecule has 1 aliphatic heterocycles. The molecule has 1 aliphatic carbocycles. The van der Waals surface area contributed by atoms with E-state index in [1.54, 1.807) is 0 Å². The summed E-state index contributed by atoms with van der Waals surface area (Å²) in [6.45, 7) is 1.30. The van der Waals surface area contributed by atoms with Crippen molar-refractivity contribution in [3.63, 3.8) is 0 Å². The van der Waals surface area contributed by atoms with Gasteiger partial charge in [-0.2, -0.15) is 5.26 Å². The van der Waals surface area contributed by atoms with Crippen LogP contribution in [0.1, 0.15) is 31.4 Å². The Balaban J connectivity index is 1.57. The van der Waals surface area contributed by atoms with Crippen LogP contribution in [0.3, 0.4) is 0 Å². The lowest BCUT2D eigenvalue weighted by Gasteiger charge is -2.16. The third kappa shape index (κ3) is 2.87. The predicted molar refractivity (Wildman–Crippen MR) is 69.7 cm³/mol. The highest BCUT2D eigenvalue weighted by molar-refractivity contribution is 5.77. The average molecular weight is 272 g/mol. The SMILES string of the molecule is N#Cc1nccnc1O[C@H]1CCN(C(=O)CC2CC2)C1. The Hall–Kier alpha value is -2.16. The molecule has 1 aromatic rings. The summed E-state index contributed by atoms with van der Waals surface area (Å²) < 4.78 is 5.71. The van der Waals surface area contributed by atoms with Crippen molar-refractivity contribution in [1.82, 2.24) is 14.9 Å². The molecule has 1 atom stereocenters. The molecule has 0 spiro atoms. The first-order chi connectivity index (χ1) is 9.76. The Morgan fingerprint density at radius 3 is 2.95 bits per heavy atom. The van der Waals surface area contributed by atoms with E-state index in [-0.39, 0.29) is 23.6 Å². The van der Waals surface area contributed by atoms with Crippen LogP contribution in [-0.4, -0.2) is 40.0 Å². The summed E-state index contributed by atoms with van der Waals surface area (Å²) >= 11 is 0.